The molecule has 0 bridgehead atoms. The predicted molar refractivity (Wildman–Crippen MR) is 68.2 cm³/mol. The summed E-state index contributed by atoms with van der Waals surface area (Å²) in [5.74, 6) is 0. The Labute approximate surface area is 102 Å². The molecule has 3 aromatic rings. The third-order valence-corrected chi connectivity index (χ3v) is 3.62. The Morgan fingerprint density at radius 3 is 2.71 bits per heavy atom. The number of carbonyl (C=O) groups is 1. The summed E-state index contributed by atoms with van der Waals surface area (Å²) in [5.41, 5.74) is 1.58. The molecular weight excluding hydrogens is 232 g/mol. The van der Waals surface area contributed by atoms with Gasteiger partial charge in [-0.1, -0.05) is 30.3 Å². The molecule has 0 amide bonds. The SMILES string of the molecule is O=Cc1ncnc2sc(-c3ccccc3)cc12. The minimum Gasteiger partial charge on any atom is -0.296 e. The molecular formula is C13H8N2OS. The van der Waals surface area contributed by atoms with Crippen molar-refractivity contribution in [2.24, 2.45) is 0 Å². The lowest BCUT2D eigenvalue weighted by Crippen LogP contribution is -1.87. The van der Waals surface area contributed by atoms with E-state index < -0.39 is 0 Å². The Morgan fingerprint density at radius 2 is 1.94 bits per heavy atom. The Morgan fingerprint density at radius 1 is 1.12 bits per heavy atom. The van der Waals surface area contributed by atoms with Crippen molar-refractivity contribution in [3.8, 4) is 10.4 Å². The molecule has 0 unspecified atom stereocenters. The number of rotatable bonds is 2. The summed E-state index contributed by atoms with van der Waals surface area (Å²) in [7, 11) is 0. The first kappa shape index (κ1) is 10.1. The number of benzene rings is 1. The number of aromatic nitrogens is 2. The van der Waals surface area contributed by atoms with Crippen LogP contribution in [0.4, 0.5) is 0 Å². The molecule has 0 aliphatic heterocycles. The standard InChI is InChI=1S/C13H8N2OS/c16-7-11-10-6-12(9-4-2-1-3-5-9)17-13(10)15-8-14-11/h1-8H. The normalized spacial score (nSPS) is 10.6. The molecule has 1 aromatic carbocycles. The maximum Gasteiger partial charge on any atom is 0.169 e. The summed E-state index contributed by atoms with van der Waals surface area (Å²) in [6, 6.07) is 12.0. The largest absolute Gasteiger partial charge is 0.296 e. The van der Waals surface area contributed by atoms with Gasteiger partial charge in [-0.3, -0.25) is 4.79 Å². The van der Waals surface area contributed by atoms with Gasteiger partial charge in [0.25, 0.3) is 0 Å². The smallest absolute Gasteiger partial charge is 0.169 e. The van der Waals surface area contributed by atoms with Gasteiger partial charge in [-0.05, 0) is 11.6 Å². The predicted octanol–water partition coefficient (Wildman–Crippen LogP) is 3.17. The van der Waals surface area contributed by atoms with E-state index >= 15 is 0 Å². The van der Waals surface area contributed by atoms with Gasteiger partial charge in [0.1, 0.15) is 16.9 Å². The zero-order valence-corrected chi connectivity index (χ0v) is 9.65. The Balaban J connectivity index is 2.24. The van der Waals surface area contributed by atoms with Crippen molar-refractivity contribution in [1.82, 2.24) is 9.97 Å². The molecule has 0 saturated heterocycles. The van der Waals surface area contributed by atoms with Crippen molar-refractivity contribution in [2.45, 2.75) is 0 Å². The molecule has 0 saturated carbocycles. The maximum absolute atomic E-state index is 10.9. The van der Waals surface area contributed by atoms with Crippen LogP contribution in [0.15, 0.2) is 42.7 Å². The fraction of sp³-hybridized carbons (Fsp3) is 0. The first-order valence-electron chi connectivity index (χ1n) is 5.13. The minimum atomic E-state index is 0.452. The molecule has 4 heteroatoms. The van der Waals surface area contributed by atoms with E-state index in [-0.39, 0.29) is 0 Å². The van der Waals surface area contributed by atoms with Crippen molar-refractivity contribution in [3.05, 3.63) is 48.4 Å². The molecule has 3 nitrogen and oxygen atoms in total. The van der Waals surface area contributed by atoms with Gasteiger partial charge < -0.3 is 0 Å². The highest BCUT2D eigenvalue weighted by Gasteiger charge is 2.08. The number of hydrogen-bond donors (Lipinski definition) is 0. The Bertz CT molecular complexity index is 676. The van der Waals surface area contributed by atoms with E-state index in [1.807, 2.05) is 36.4 Å². The molecule has 0 radical (unpaired) electrons. The summed E-state index contributed by atoms with van der Waals surface area (Å²) in [6.45, 7) is 0. The van der Waals surface area contributed by atoms with E-state index in [1.54, 1.807) is 11.3 Å². The van der Waals surface area contributed by atoms with Crippen molar-refractivity contribution >= 4 is 27.8 Å². The van der Waals surface area contributed by atoms with E-state index in [9.17, 15) is 4.79 Å². The molecule has 0 aliphatic carbocycles. The number of carbonyl (C=O) groups excluding carboxylic acids is 1. The number of fused-ring (bicyclic) bond motifs is 1. The van der Waals surface area contributed by atoms with Gasteiger partial charge in [-0.25, -0.2) is 9.97 Å². The second kappa shape index (κ2) is 4.07. The summed E-state index contributed by atoms with van der Waals surface area (Å²) in [6.07, 6.45) is 2.20. The summed E-state index contributed by atoms with van der Waals surface area (Å²) in [4.78, 5) is 21.0. The Hall–Kier alpha value is -2.07. The third kappa shape index (κ3) is 1.72. The number of thiophene rings is 1. The van der Waals surface area contributed by atoms with Gasteiger partial charge in [-0.15, -0.1) is 11.3 Å². The summed E-state index contributed by atoms with van der Waals surface area (Å²) in [5, 5.41) is 0.825. The fourth-order valence-corrected chi connectivity index (χ4v) is 2.72. The van der Waals surface area contributed by atoms with E-state index in [4.69, 9.17) is 0 Å². The minimum absolute atomic E-state index is 0.452. The average Bonchev–Trinajstić information content (AvgIpc) is 2.83. The second-order valence-corrected chi connectivity index (χ2v) is 4.60. The molecule has 0 atom stereocenters. The van der Waals surface area contributed by atoms with Crippen LogP contribution in [0.5, 0.6) is 0 Å². The van der Waals surface area contributed by atoms with Crippen molar-refractivity contribution in [3.63, 3.8) is 0 Å². The highest BCUT2D eigenvalue weighted by molar-refractivity contribution is 7.21. The van der Waals surface area contributed by atoms with Crippen LogP contribution in [-0.2, 0) is 0 Å². The molecule has 0 spiro atoms. The maximum atomic E-state index is 10.9. The lowest BCUT2D eigenvalue weighted by Gasteiger charge is -1.93. The van der Waals surface area contributed by atoms with Crippen molar-refractivity contribution in [1.29, 1.82) is 0 Å². The zero-order chi connectivity index (χ0) is 11.7. The van der Waals surface area contributed by atoms with Crippen LogP contribution in [0, 0.1) is 0 Å². The van der Waals surface area contributed by atoms with Gasteiger partial charge in [0.15, 0.2) is 6.29 Å². The van der Waals surface area contributed by atoms with Crippen molar-refractivity contribution < 1.29 is 4.79 Å². The van der Waals surface area contributed by atoms with Gasteiger partial charge in [0, 0.05) is 10.3 Å². The Kier molecular flexibility index (Phi) is 2.42. The molecule has 0 aliphatic rings. The number of aldehydes is 1. The first-order valence-corrected chi connectivity index (χ1v) is 5.95. The van der Waals surface area contributed by atoms with Crippen LogP contribution >= 0.6 is 11.3 Å². The van der Waals surface area contributed by atoms with Crippen LogP contribution in [0.25, 0.3) is 20.7 Å². The molecule has 0 N–H and O–H groups in total. The van der Waals surface area contributed by atoms with E-state index in [0.29, 0.717) is 5.69 Å². The van der Waals surface area contributed by atoms with E-state index in [0.717, 1.165) is 26.9 Å². The van der Waals surface area contributed by atoms with Gasteiger partial charge in [0.05, 0.1) is 0 Å². The van der Waals surface area contributed by atoms with Crippen LogP contribution in [0.1, 0.15) is 10.5 Å². The molecule has 2 heterocycles. The van der Waals surface area contributed by atoms with Crippen LogP contribution in [-0.4, -0.2) is 16.3 Å². The average molecular weight is 240 g/mol. The molecule has 3 rings (SSSR count). The third-order valence-electron chi connectivity index (χ3n) is 2.53. The van der Waals surface area contributed by atoms with Gasteiger partial charge in [0.2, 0.25) is 0 Å². The van der Waals surface area contributed by atoms with Gasteiger partial charge in [-0.2, -0.15) is 0 Å². The van der Waals surface area contributed by atoms with Gasteiger partial charge >= 0.3 is 0 Å². The highest BCUT2D eigenvalue weighted by atomic mass is 32.1. The first-order chi connectivity index (χ1) is 8.38. The topological polar surface area (TPSA) is 42.9 Å². The summed E-state index contributed by atoms with van der Waals surface area (Å²) < 4.78 is 0. The molecule has 17 heavy (non-hydrogen) atoms. The molecule has 0 fully saturated rings. The van der Waals surface area contributed by atoms with Crippen LogP contribution in [0.2, 0.25) is 0 Å². The highest BCUT2D eigenvalue weighted by Crippen LogP contribution is 2.32. The fourth-order valence-electron chi connectivity index (χ4n) is 1.71. The lowest BCUT2D eigenvalue weighted by molar-refractivity contribution is 0.112. The lowest BCUT2D eigenvalue weighted by atomic mass is 10.2. The molecule has 82 valence electrons. The van der Waals surface area contributed by atoms with Crippen LogP contribution < -0.4 is 0 Å². The number of nitrogens with zero attached hydrogens (tertiary/aromatic N) is 2. The van der Waals surface area contributed by atoms with E-state index in [1.165, 1.54) is 6.33 Å². The monoisotopic (exact) mass is 240 g/mol. The zero-order valence-electron chi connectivity index (χ0n) is 8.83. The van der Waals surface area contributed by atoms with Crippen molar-refractivity contribution in [2.75, 3.05) is 0 Å². The quantitative estimate of drug-likeness (QED) is 0.646. The second-order valence-electron chi connectivity index (χ2n) is 3.57. The van der Waals surface area contributed by atoms with Crippen LogP contribution in [0.3, 0.4) is 0 Å². The summed E-state index contributed by atoms with van der Waals surface area (Å²) >= 11 is 1.57. The number of hydrogen-bond acceptors (Lipinski definition) is 4. The molecule has 2 aromatic heterocycles. The van der Waals surface area contributed by atoms with E-state index in [2.05, 4.69) is 9.97 Å².